The van der Waals surface area contributed by atoms with E-state index in [1.165, 1.54) is 0 Å². The molecular weight excluding hydrogens is 182 g/mol. The second-order valence-electron chi connectivity index (χ2n) is 3.72. The first kappa shape index (κ1) is 13.5. The van der Waals surface area contributed by atoms with E-state index < -0.39 is 12.1 Å². The zero-order valence-electron chi connectivity index (χ0n) is 8.72. The number of nitrogens with two attached hydrogens (primary N) is 1. The highest BCUT2D eigenvalue weighted by atomic mass is 16.3. The van der Waals surface area contributed by atoms with E-state index in [2.05, 4.69) is 0 Å². The van der Waals surface area contributed by atoms with Crippen molar-refractivity contribution >= 4 is 6.29 Å². The molecular formula is C10H21NO3. The van der Waals surface area contributed by atoms with Gasteiger partial charge in [-0.15, -0.1) is 0 Å². The molecule has 0 aromatic carbocycles. The van der Waals surface area contributed by atoms with Crippen LogP contribution >= 0.6 is 0 Å². The molecule has 3 unspecified atom stereocenters. The Kier molecular flexibility index (Phi) is 7.65. The minimum Gasteiger partial charge on any atom is -0.394 e. The van der Waals surface area contributed by atoms with E-state index in [0.717, 1.165) is 19.1 Å². The summed E-state index contributed by atoms with van der Waals surface area (Å²) in [4.78, 5) is 10.3. The van der Waals surface area contributed by atoms with Crippen LogP contribution in [0.5, 0.6) is 0 Å². The van der Waals surface area contributed by atoms with E-state index in [-0.39, 0.29) is 6.61 Å². The van der Waals surface area contributed by atoms with Crippen molar-refractivity contribution in [1.29, 1.82) is 0 Å². The summed E-state index contributed by atoms with van der Waals surface area (Å²) < 4.78 is 0. The summed E-state index contributed by atoms with van der Waals surface area (Å²) in [7, 11) is 0. The molecule has 0 aliphatic heterocycles. The highest BCUT2D eigenvalue weighted by molar-refractivity contribution is 5.56. The summed E-state index contributed by atoms with van der Waals surface area (Å²) in [5.41, 5.74) is 5.51. The Hall–Kier alpha value is -0.450. The number of carbonyl (C=O) groups is 1. The third-order valence-corrected chi connectivity index (χ3v) is 2.48. The van der Waals surface area contributed by atoms with E-state index in [9.17, 15) is 4.79 Å². The van der Waals surface area contributed by atoms with Gasteiger partial charge in [-0.2, -0.15) is 0 Å². The molecule has 0 aromatic rings. The van der Waals surface area contributed by atoms with Crippen molar-refractivity contribution < 1.29 is 15.0 Å². The van der Waals surface area contributed by atoms with Crippen LogP contribution in [0.2, 0.25) is 0 Å². The highest BCUT2D eigenvalue weighted by Gasteiger charge is 2.13. The molecule has 0 aliphatic rings. The lowest BCUT2D eigenvalue weighted by Crippen LogP contribution is -2.25. The number of rotatable bonds is 8. The molecule has 3 atom stereocenters. The minimum absolute atomic E-state index is 0.198. The van der Waals surface area contributed by atoms with E-state index >= 15 is 0 Å². The maximum absolute atomic E-state index is 10.3. The number of aliphatic hydroxyl groups is 2. The van der Waals surface area contributed by atoms with Crippen molar-refractivity contribution in [2.45, 2.75) is 44.8 Å². The first-order valence-electron chi connectivity index (χ1n) is 5.13. The molecule has 0 aromatic heterocycles. The van der Waals surface area contributed by atoms with Crippen LogP contribution in [-0.4, -0.2) is 35.3 Å². The van der Waals surface area contributed by atoms with Gasteiger partial charge in [0.15, 0.2) is 0 Å². The largest absolute Gasteiger partial charge is 0.394 e. The highest BCUT2D eigenvalue weighted by Crippen LogP contribution is 2.17. The van der Waals surface area contributed by atoms with Gasteiger partial charge in [0.05, 0.1) is 18.8 Å². The van der Waals surface area contributed by atoms with Gasteiger partial charge in [0.1, 0.15) is 6.29 Å². The van der Waals surface area contributed by atoms with Gasteiger partial charge in [-0.1, -0.05) is 13.3 Å². The molecule has 0 bridgehead atoms. The number of hydrogen-bond acceptors (Lipinski definition) is 4. The monoisotopic (exact) mass is 203 g/mol. The quantitative estimate of drug-likeness (QED) is 0.487. The first-order chi connectivity index (χ1) is 6.63. The average molecular weight is 203 g/mol. The number of aldehydes is 1. The molecule has 84 valence electrons. The van der Waals surface area contributed by atoms with Gasteiger partial charge in [-0.05, 0) is 25.2 Å². The molecule has 4 N–H and O–H groups in total. The van der Waals surface area contributed by atoms with Crippen molar-refractivity contribution in [3.8, 4) is 0 Å². The van der Waals surface area contributed by atoms with Crippen LogP contribution in [-0.2, 0) is 4.79 Å². The summed E-state index contributed by atoms with van der Waals surface area (Å²) in [6.07, 6.45) is 3.10. The predicted molar refractivity (Wildman–Crippen MR) is 54.8 cm³/mol. The average Bonchev–Trinajstić information content (AvgIpc) is 2.22. The van der Waals surface area contributed by atoms with Crippen LogP contribution in [0.3, 0.4) is 0 Å². The van der Waals surface area contributed by atoms with Crippen LogP contribution < -0.4 is 5.73 Å². The summed E-state index contributed by atoms with van der Waals surface area (Å²) in [5.74, 6) is 0.358. The topological polar surface area (TPSA) is 83.6 Å². The van der Waals surface area contributed by atoms with Crippen LogP contribution in [0, 0.1) is 5.92 Å². The molecule has 4 nitrogen and oxygen atoms in total. The zero-order chi connectivity index (χ0) is 11.0. The molecule has 0 amide bonds. The van der Waals surface area contributed by atoms with Crippen molar-refractivity contribution in [1.82, 2.24) is 0 Å². The van der Waals surface area contributed by atoms with Gasteiger partial charge in [0.2, 0.25) is 0 Å². The molecule has 4 heteroatoms. The van der Waals surface area contributed by atoms with Gasteiger partial charge in [0, 0.05) is 0 Å². The predicted octanol–water partition coefficient (Wildman–Crippen LogP) is 0.0623. The van der Waals surface area contributed by atoms with Gasteiger partial charge in [0.25, 0.3) is 0 Å². The maximum Gasteiger partial charge on any atom is 0.136 e. The van der Waals surface area contributed by atoms with E-state index in [0.29, 0.717) is 18.8 Å². The second-order valence-corrected chi connectivity index (χ2v) is 3.72. The van der Waals surface area contributed by atoms with Crippen molar-refractivity contribution in [2.24, 2.45) is 11.7 Å². The fraction of sp³-hybridized carbons (Fsp3) is 0.900. The van der Waals surface area contributed by atoms with Gasteiger partial charge >= 0.3 is 0 Å². The number of hydrogen-bond donors (Lipinski definition) is 3. The summed E-state index contributed by atoms with van der Waals surface area (Å²) in [5, 5.41) is 17.8. The Labute approximate surface area is 85.1 Å². The van der Waals surface area contributed by atoms with E-state index in [4.69, 9.17) is 15.9 Å². The molecule has 0 radical (unpaired) electrons. The fourth-order valence-electron chi connectivity index (χ4n) is 1.45. The van der Waals surface area contributed by atoms with Crippen LogP contribution in [0.1, 0.15) is 32.6 Å². The second kappa shape index (κ2) is 7.91. The van der Waals surface area contributed by atoms with E-state index in [1.807, 2.05) is 6.92 Å². The van der Waals surface area contributed by atoms with Crippen molar-refractivity contribution in [3.63, 3.8) is 0 Å². The van der Waals surface area contributed by atoms with Gasteiger partial charge < -0.3 is 20.7 Å². The number of aliphatic hydroxyl groups excluding tert-OH is 2. The minimum atomic E-state index is -0.642. The Bertz CT molecular complexity index is 152. The summed E-state index contributed by atoms with van der Waals surface area (Å²) >= 11 is 0. The molecule has 0 saturated heterocycles. The van der Waals surface area contributed by atoms with Crippen LogP contribution in [0.25, 0.3) is 0 Å². The zero-order valence-corrected chi connectivity index (χ0v) is 8.72. The Morgan fingerprint density at radius 1 is 1.43 bits per heavy atom. The third-order valence-electron chi connectivity index (χ3n) is 2.48. The molecule has 0 fully saturated rings. The normalized spacial score (nSPS) is 17.4. The van der Waals surface area contributed by atoms with Crippen LogP contribution in [0.4, 0.5) is 0 Å². The maximum atomic E-state index is 10.3. The molecule has 0 spiro atoms. The standard InChI is InChI=1S/C10H21NO3/c1-2-8(5-9(11)6-12)3-4-10(14)7-13/h6,8-10,13-14H,2-5,7,11H2,1H3. The van der Waals surface area contributed by atoms with Crippen molar-refractivity contribution in [3.05, 3.63) is 0 Å². The fourth-order valence-corrected chi connectivity index (χ4v) is 1.45. The SMILES string of the molecule is CCC(CCC(O)CO)CC(N)C=O. The molecule has 14 heavy (non-hydrogen) atoms. The smallest absolute Gasteiger partial charge is 0.136 e. The Balaban J connectivity index is 3.73. The lowest BCUT2D eigenvalue weighted by molar-refractivity contribution is -0.109. The third kappa shape index (κ3) is 6.07. The van der Waals surface area contributed by atoms with Gasteiger partial charge in [-0.25, -0.2) is 0 Å². The van der Waals surface area contributed by atoms with Crippen molar-refractivity contribution in [2.75, 3.05) is 6.61 Å². The molecule has 0 rings (SSSR count). The summed E-state index contributed by atoms with van der Waals surface area (Å²) in [6.45, 7) is 1.84. The van der Waals surface area contributed by atoms with E-state index in [1.54, 1.807) is 0 Å². The number of carbonyl (C=O) groups excluding carboxylic acids is 1. The molecule has 0 aliphatic carbocycles. The van der Waals surface area contributed by atoms with Gasteiger partial charge in [-0.3, -0.25) is 0 Å². The molecule has 0 saturated carbocycles. The summed E-state index contributed by atoms with van der Waals surface area (Å²) in [6, 6.07) is -0.397. The lowest BCUT2D eigenvalue weighted by atomic mass is 9.92. The first-order valence-corrected chi connectivity index (χ1v) is 5.13. The lowest BCUT2D eigenvalue weighted by Gasteiger charge is -2.17. The van der Waals surface area contributed by atoms with Crippen LogP contribution in [0.15, 0.2) is 0 Å². The Morgan fingerprint density at radius 2 is 2.07 bits per heavy atom. The Morgan fingerprint density at radius 3 is 2.50 bits per heavy atom. The molecule has 0 heterocycles.